The van der Waals surface area contributed by atoms with Crippen molar-refractivity contribution < 1.29 is 35.9 Å². The molecule has 4 nitrogen and oxygen atoms in total. The molecule has 4 rings (SSSR count). The van der Waals surface area contributed by atoms with Crippen molar-refractivity contribution in [2.75, 3.05) is 19.6 Å². The molecule has 0 bridgehead atoms. The van der Waals surface area contributed by atoms with Crippen molar-refractivity contribution >= 4 is 6.03 Å². The van der Waals surface area contributed by atoms with Crippen LogP contribution in [0, 0.1) is 0 Å². The number of amides is 2. The van der Waals surface area contributed by atoms with Crippen molar-refractivity contribution in [3.63, 3.8) is 0 Å². The molecule has 2 amide bonds. The molecule has 0 spiro atoms. The number of carbonyl (C=O) groups excluding carboxylic acids is 1. The van der Waals surface area contributed by atoms with Crippen molar-refractivity contribution in [2.24, 2.45) is 0 Å². The van der Waals surface area contributed by atoms with Crippen molar-refractivity contribution in [2.45, 2.75) is 43.8 Å². The van der Waals surface area contributed by atoms with Crippen LogP contribution >= 0.6 is 0 Å². The summed E-state index contributed by atoms with van der Waals surface area (Å²) >= 11 is 0. The largest absolute Gasteiger partial charge is 0.416 e. The number of alkyl halides is 6. The summed E-state index contributed by atoms with van der Waals surface area (Å²) in [7, 11) is 0. The monoisotopic (exact) mass is 550 g/mol. The summed E-state index contributed by atoms with van der Waals surface area (Å²) < 4.78 is 85.5. The first-order chi connectivity index (χ1) is 18.5. The van der Waals surface area contributed by atoms with Gasteiger partial charge in [0.2, 0.25) is 0 Å². The van der Waals surface area contributed by atoms with Crippen molar-refractivity contribution in [1.29, 1.82) is 0 Å². The fraction of sp³-hybridized carbons (Fsp3) is 0.345. The van der Waals surface area contributed by atoms with Gasteiger partial charge >= 0.3 is 18.4 Å². The Bertz CT molecular complexity index is 1200. The second-order valence-corrected chi connectivity index (χ2v) is 9.48. The Balaban J connectivity index is 1.45. The number of hydrogen-bond donors (Lipinski definition) is 1. The summed E-state index contributed by atoms with van der Waals surface area (Å²) in [5.41, 5.74) is -1.01. The minimum absolute atomic E-state index is 0.102. The third kappa shape index (κ3) is 7.75. The van der Waals surface area contributed by atoms with Gasteiger partial charge < -0.3 is 15.0 Å². The molecule has 2 unspecified atom stereocenters. The Morgan fingerprint density at radius 3 is 2.03 bits per heavy atom. The van der Waals surface area contributed by atoms with E-state index >= 15 is 0 Å². The number of piperidine rings is 1. The molecule has 1 fully saturated rings. The lowest BCUT2D eigenvalue weighted by Crippen LogP contribution is -2.49. The van der Waals surface area contributed by atoms with E-state index in [0.29, 0.717) is 44.6 Å². The third-order valence-corrected chi connectivity index (χ3v) is 6.71. The Morgan fingerprint density at radius 2 is 1.44 bits per heavy atom. The van der Waals surface area contributed by atoms with E-state index in [2.05, 4.69) is 5.32 Å². The topological polar surface area (TPSA) is 41.6 Å². The van der Waals surface area contributed by atoms with Crippen LogP contribution in [0.5, 0.6) is 0 Å². The summed E-state index contributed by atoms with van der Waals surface area (Å²) in [5, 5.41) is 2.92. The molecule has 10 heteroatoms. The molecule has 1 saturated heterocycles. The molecular weight excluding hydrogens is 522 g/mol. The number of nitrogens with zero attached hydrogens (tertiary/aromatic N) is 1. The van der Waals surface area contributed by atoms with Gasteiger partial charge in [-0.1, -0.05) is 60.7 Å². The minimum atomic E-state index is -4.93. The summed E-state index contributed by atoms with van der Waals surface area (Å²) in [6.45, 7) is 0.653. The summed E-state index contributed by atoms with van der Waals surface area (Å²) in [6.07, 6.45) is -9.32. The molecular formula is C29H28F6N2O2. The molecule has 0 aliphatic carbocycles. The normalized spacial score (nSPS) is 18.2. The van der Waals surface area contributed by atoms with Crippen LogP contribution in [-0.4, -0.2) is 36.7 Å². The highest BCUT2D eigenvalue weighted by molar-refractivity contribution is 5.74. The number of ether oxygens (including phenoxy) is 1. The summed E-state index contributed by atoms with van der Waals surface area (Å²) in [4.78, 5) is 14.5. The average Bonchev–Trinajstić information content (AvgIpc) is 2.91. The van der Waals surface area contributed by atoms with E-state index in [-0.39, 0.29) is 23.6 Å². The van der Waals surface area contributed by atoms with Gasteiger partial charge in [0, 0.05) is 25.6 Å². The van der Waals surface area contributed by atoms with Crippen LogP contribution in [0.15, 0.2) is 78.9 Å². The summed E-state index contributed by atoms with van der Waals surface area (Å²) in [6, 6.07) is 20.2. The third-order valence-electron chi connectivity index (χ3n) is 6.71. The minimum Gasteiger partial charge on any atom is -0.373 e. The van der Waals surface area contributed by atoms with Gasteiger partial charge in [-0.3, -0.25) is 0 Å². The number of urea groups is 1. The second-order valence-electron chi connectivity index (χ2n) is 9.48. The number of rotatable bonds is 7. The van der Waals surface area contributed by atoms with Gasteiger partial charge in [-0.2, -0.15) is 26.3 Å². The molecule has 0 saturated carbocycles. The molecule has 0 radical (unpaired) electrons. The molecule has 1 N–H and O–H groups in total. The zero-order valence-electron chi connectivity index (χ0n) is 20.9. The van der Waals surface area contributed by atoms with Crippen LogP contribution in [0.3, 0.4) is 0 Å². The van der Waals surface area contributed by atoms with E-state index in [4.69, 9.17) is 4.74 Å². The van der Waals surface area contributed by atoms with Gasteiger partial charge in [0.1, 0.15) is 0 Å². The predicted molar refractivity (Wildman–Crippen MR) is 134 cm³/mol. The van der Waals surface area contributed by atoms with Crippen LogP contribution in [0.2, 0.25) is 0 Å². The second kappa shape index (κ2) is 12.1. The smallest absolute Gasteiger partial charge is 0.373 e. The highest BCUT2D eigenvalue weighted by atomic mass is 19.4. The Hall–Kier alpha value is -3.53. The highest BCUT2D eigenvalue weighted by Crippen LogP contribution is 2.37. The van der Waals surface area contributed by atoms with Gasteiger partial charge in [-0.15, -0.1) is 0 Å². The molecule has 1 heterocycles. The van der Waals surface area contributed by atoms with E-state index in [1.807, 2.05) is 60.7 Å². The molecule has 2 atom stereocenters. The maximum atomic E-state index is 13.3. The molecule has 3 aromatic rings. The zero-order valence-corrected chi connectivity index (χ0v) is 20.9. The predicted octanol–water partition coefficient (Wildman–Crippen LogP) is 7.05. The lowest BCUT2D eigenvalue weighted by atomic mass is 9.88. The SMILES string of the molecule is O=C(NCCc1ccccc1)N1CCC(OCc2cc(C(F)(F)F)cc(C(F)(F)F)c2)C(c2ccccc2)C1. The number of nitrogens with one attached hydrogen (secondary N) is 1. The first kappa shape index (κ1) is 28.5. The first-order valence-corrected chi connectivity index (χ1v) is 12.5. The number of benzene rings is 3. The van der Waals surface area contributed by atoms with Gasteiger partial charge in [-0.05, 0) is 47.7 Å². The fourth-order valence-corrected chi connectivity index (χ4v) is 4.71. The lowest BCUT2D eigenvalue weighted by molar-refractivity contribution is -0.143. The van der Waals surface area contributed by atoms with Crippen LogP contribution in [0.1, 0.15) is 40.2 Å². The molecule has 3 aromatic carbocycles. The van der Waals surface area contributed by atoms with E-state index in [1.165, 1.54) is 0 Å². The molecule has 1 aliphatic heterocycles. The van der Waals surface area contributed by atoms with E-state index in [1.54, 1.807) is 4.90 Å². The van der Waals surface area contributed by atoms with Gasteiger partial charge in [0.15, 0.2) is 0 Å². The van der Waals surface area contributed by atoms with E-state index in [9.17, 15) is 31.1 Å². The number of likely N-dealkylation sites (tertiary alicyclic amines) is 1. The fourth-order valence-electron chi connectivity index (χ4n) is 4.71. The Morgan fingerprint density at radius 1 is 0.846 bits per heavy atom. The molecule has 1 aliphatic rings. The van der Waals surface area contributed by atoms with Gasteiger partial charge in [-0.25, -0.2) is 4.79 Å². The Labute approximate surface area is 222 Å². The number of halogens is 6. The van der Waals surface area contributed by atoms with Crippen molar-refractivity contribution in [3.8, 4) is 0 Å². The standard InChI is InChI=1S/C29H28F6N2O2/c30-28(31,32)23-15-21(16-24(17-23)29(33,34)35)19-39-26-12-14-37(18-25(26)22-9-5-2-6-10-22)27(38)36-13-11-20-7-3-1-4-8-20/h1-10,15-17,25-26H,11-14,18-19H2,(H,36,38). The van der Waals surface area contributed by atoms with Crippen molar-refractivity contribution in [1.82, 2.24) is 10.2 Å². The van der Waals surface area contributed by atoms with Crippen LogP contribution in [0.25, 0.3) is 0 Å². The zero-order chi connectivity index (χ0) is 28.0. The molecule has 0 aromatic heterocycles. The van der Waals surface area contributed by atoms with Gasteiger partial charge in [0.05, 0.1) is 23.8 Å². The quantitative estimate of drug-likeness (QED) is 0.321. The summed E-state index contributed by atoms with van der Waals surface area (Å²) in [5.74, 6) is -0.312. The molecule has 208 valence electrons. The number of hydrogen-bond acceptors (Lipinski definition) is 2. The van der Waals surface area contributed by atoms with Gasteiger partial charge in [0.25, 0.3) is 0 Å². The van der Waals surface area contributed by atoms with E-state index < -0.39 is 36.2 Å². The molecule has 39 heavy (non-hydrogen) atoms. The highest BCUT2D eigenvalue weighted by Gasteiger charge is 2.37. The lowest BCUT2D eigenvalue weighted by Gasteiger charge is -2.38. The van der Waals surface area contributed by atoms with Crippen LogP contribution < -0.4 is 5.32 Å². The van der Waals surface area contributed by atoms with Crippen LogP contribution in [-0.2, 0) is 30.1 Å². The van der Waals surface area contributed by atoms with E-state index in [0.717, 1.165) is 11.1 Å². The first-order valence-electron chi connectivity index (χ1n) is 12.5. The Kier molecular flexibility index (Phi) is 8.84. The van der Waals surface area contributed by atoms with Crippen molar-refractivity contribution in [3.05, 3.63) is 107 Å². The average molecular weight is 551 g/mol. The maximum Gasteiger partial charge on any atom is 0.416 e. The maximum absolute atomic E-state index is 13.3. The number of carbonyl (C=O) groups is 1. The van der Waals surface area contributed by atoms with Crippen LogP contribution in [0.4, 0.5) is 31.1 Å².